The Labute approximate surface area is 144 Å². The molecule has 2 amide bonds. The maximum absolute atomic E-state index is 12.6. The van der Waals surface area contributed by atoms with Crippen LogP contribution in [0, 0.1) is 6.92 Å². The highest BCUT2D eigenvalue weighted by Crippen LogP contribution is 2.24. The fourth-order valence-corrected chi connectivity index (χ4v) is 3.16. The molecule has 1 N–H and O–H groups in total. The highest BCUT2D eigenvalue weighted by molar-refractivity contribution is 7.10. The molecule has 1 atom stereocenters. The van der Waals surface area contributed by atoms with Crippen molar-refractivity contribution in [3.8, 4) is 5.82 Å². The minimum Gasteiger partial charge on any atom is -0.320 e. The van der Waals surface area contributed by atoms with Crippen molar-refractivity contribution in [3.63, 3.8) is 0 Å². The number of carbonyl (C=O) groups excluding carboxylic acids is 1. The summed E-state index contributed by atoms with van der Waals surface area (Å²) in [7, 11) is 1.79. The maximum atomic E-state index is 12.6. The molecule has 0 saturated carbocycles. The highest BCUT2D eigenvalue weighted by Gasteiger charge is 2.20. The summed E-state index contributed by atoms with van der Waals surface area (Å²) in [5.74, 6) is 1.26. The molecule has 7 heteroatoms. The van der Waals surface area contributed by atoms with Gasteiger partial charge >= 0.3 is 6.03 Å². The van der Waals surface area contributed by atoms with E-state index in [0.29, 0.717) is 11.6 Å². The Morgan fingerprint density at radius 1 is 1.33 bits per heavy atom. The molecule has 3 rings (SSSR count). The van der Waals surface area contributed by atoms with E-state index in [1.54, 1.807) is 34.2 Å². The van der Waals surface area contributed by atoms with Crippen LogP contribution in [-0.4, -0.2) is 32.7 Å². The number of hydrogen-bond acceptors (Lipinski definition) is 4. The lowest BCUT2D eigenvalue weighted by atomic mass is 10.2. The Kier molecular flexibility index (Phi) is 4.61. The van der Waals surface area contributed by atoms with Crippen LogP contribution in [0.1, 0.15) is 23.5 Å². The lowest BCUT2D eigenvalue weighted by Crippen LogP contribution is -2.33. The number of thiophene rings is 1. The van der Waals surface area contributed by atoms with E-state index >= 15 is 0 Å². The van der Waals surface area contributed by atoms with Crippen molar-refractivity contribution in [2.45, 2.75) is 19.9 Å². The number of urea groups is 1. The van der Waals surface area contributed by atoms with Gasteiger partial charge in [-0.3, -0.25) is 5.32 Å². The summed E-state index contributed by atoms with van der Waals surface area (Å²) in [5, 5.41) is 9.35. The van der Waals surface area contributed by atoms with Gasteiger partial charge in [0.25, 0.3) is 0 Å². The maximum Gasteiger partial charge on any atom is 0.323 e. The second-order valence-electron chi connectivity index (χ2n) is 5.50. The topological polar surface area (TPSA) is 63.1 Å². The Morgan fingerprint density at radius 2 is 2.17 bits per heavy atom. The molecule has 3 aromatic heterocycles. The number of hydrogen-bond donors (Lipinski definition) is 1. The van der Waals surface area contributed by atoms with Crippen molar-refractivity contribution in [1.82, 2.24) is 19.7 Å². The predicted molar refractivity (Wildman–Crippen MR) is 95.6 cm³/mol. The van der Waals surface area contributed by atoms with Crippen LogP contribution in [0.2, 0.25) is 0 Å². The summed E-state index contributed by atoms with van der Waals surface area (Å²) < 4.78 is 1.64. The van der Waals surface area contributed by atoms with Crippen molar-refractivity contribution in [3.05, 3.63) is 58.5 Å². The van der Waals surface area contributed by atoms with E-state index < -0.39 is 0 Å². The quantitative estimate of drug-likeness (QED) is 0.784. The molecule has 0 radical (unpaired) electrons. The fourth-order valence-electron chi connectivity index (χ4n) is 2.34. The second-order valence-corrected chi connectivity index (χ2v) is 6.48. The number of pyridine rings is 1. The molecule has 6 nitrogen and oxygen atoms in total. The third kappa shape index (κ3) is 3.30. The van der Waals surface area contributed by atoms with Crippen LogP contribution in [0.25, 0.3) is 5.82 Å². The number of aromatic nitrogens is 3. The summed E-state index contributed by atoms with van der Waals surface area (Å²) in [4.78, 5) is 19.7. The summed E-state index contributed by atoms with van der Waals surface area (Å²) in [6, 6.07) is 11.2. The largest absolute Gasteiger partial charge is 0.323 e. The molecule has 0 spiro atoms. The van der Waals surface area contributed by atoms with Gasteiger partial charge in [0, 0.05) is 24.2 Å². The summed E-state index contributed by atoms with van der Waals surface area (Å²) in [5.41, 5.74) is 0.810. The van der Waals surface area contributed by atoms with E-state index in [0.717, 1.165) is 10.6 Å². The molecule has 0 aliphatic rings. The summed E-state index contributed by atoms with van der Waals surface area (Å²) in [6.07, 6.45) is 1.70. The van der Waals surface area contributed by atoms with Crippen LogP contribution in [0.4, 0.5) is 10.6 Å². The number of amides is 2. The third-order valence-electron chi connectivity index (χ3n) is 3.79. The summed E-state index contributed by atoms with van der Waals surface area (Å²) >= 11 is 1.64. The number of anilines is 1. The lowest BCUT2D eigenvalue weighted by molar-refractivity contribution is 0.209. The molecule has 0 bridgehead atoms. The van der Waals surface area contributed by atoms with Gasteiger partial charge in [0.2, 0.25) is 0 Å². The van der Waals surface area contributed by atoms with E-state index in [1.165, 1.54) is 0 Å². The highest BCUT2D eigenvalue weighted by atomic mass is 32.1. The number of aryl methyl sites for hydroxylation is 1. The molecule has 3 aromatic rings. The smallest absolute Gasteiger partial charge is 0.320 e. The molecule has 24 heavy (non-hydrogen) atoms. The monoisotopic (exact) mass is 341 g/mol. The zero-order valence-electron chi connectivity index (χ0n) is 13.8. The molecular weight excluding hydrogens is 322 g/mol. The van der Waals surface area contributed by atoms with Gasteiger partial charge in [-0.25, -0.2) is 9.78 Å². The first-order chi connectivity index (χ1) is 11.6. The number of nitrogens with zero attached hydrogens (tertiary/aromatic N) is 4. The molecule has 0 fully saturated rings. The molecular formula is C17H19N5OS. The SMILES string of the molecule is Cc1cc(NC(=O)N(C)[C@@H](C)c2cccs2)n(-c2ccccn2)n1. The van der Waals surface area contributed by atoms with Crippen molar-refractivity contribution >= 4 is 23.2 Å². The van der Waals surface area contributed by atoms with Crippen molar-refractivity contribution < 1.29 is 4.79 Å². The minimum atomic E-state index is -0.187. The first kappa shape index (κ1) is 16.2. The fraction of sp³-hybridized carbons (Fsp3) is 0.235. The average molecular weight is 341 g/mol. The normalized spacial score (nSPS) is 12.0. The number of nitrogens with one attached hydrogen (secondary N) is 1. The zero-order chi connectivity index (χ0) is 17.1. The molecule has 124 valence electrons. The Hall–Kier alpha value is -2.67. The van der Waals surface area contributed by atoms with E-state index in [1.807, 2.05) is 55.6 Å². The number of carbonyl (C=O) groups is 1. The van der Waals surface area contributed by atoms with Gasteiger partial charge in [0.15, 0.2) is 5.82 Å². The molecule has 0 aliphatic heterocycles. The Balaban J connectivity index is 1.80. The molecule has 0 aromatic carbocycles. The van der Waals surface area contributed by atoms with Gasteiger partial charge in [0.1, 0.15) is 5.82 Å². The first-order valence-electron chi connectivity index (χ1n) is 7.61. The van der Waals surface area contributed by atoms with E-state index in [2.05, 4.69) is 15.4 Å². The standard InChI is InChI=1S/C17H19N5OS/c1-12-11-16(22(20-12)15-8-4-5-9-18-15)19-17(23)21(3)13(2)14-7-6-10-24-14/h4-11,13H,1-3H3,(H,19,23)/t13-/m0/s1. The first-order valence-corrected chi connectivity index (χ1v) is 8.49. The van der Waals surface area contributed by atoms with Gasteiger partial charge in [0.05, 0.1) is 11.7 Å². The molecule has 0 saturated heterocycles. The van der Waals surface area contributed by atoms with Crippen LogP contribution in [0.3, 0.4) is 0 Å². The average Bonchev–Trinajstić information content (AvgIpc) is 3.24. The van der Waals surface area contributed by atoms with Crippen LogP contribution in [0.5, 0.6) is 0 Å². The van der Waals surface area contributed by atoms with Gasteiger partial charge in [-0.15, -0.1) is 11.3 Å². The van der Waals surface area contributed by atoms with Crippen molar-refractivity contribution in [2.75, 3.05) is 12.4 Å². The molecule has 3 heterocycles. The van der Waals surface area contributed by atoms with Gasteiger partial charge in [-0.05, 0) is 37.4 Å². The van der Waals surface area contributed by atoms with Crippen LogP contribution < -0.4 is 5.32 Å². The van der Waals surface area contributed by atoms with Crippen LogP contribution >= 0.6 is 11.3 Å². The van der Waals surface area contributed by atoms with E-state index in [-0.39, 0.29) is 12.1 Å². The Bertz CT molecular complexity index is 813. The summed E-state index contributed by atoms with van der Waals surface area (Å²) in [6.45, 7) is 3.89. The van der Waals surface area contributed by atoms with E-state index in [9.17, 15) is 4.79 Å². The zero-order valence-corrected chi connectivity index (χ0v) is 14.6. The minimum absolute atomic E-state index is 0.00248. The third-order valence-corrected chi connectivity index (χ3v) is 4.83. The van der Waals surface area contributed by atoms with E-state index in [4.69, 9.17) is 0 Å². The van der Waals surface area contributed by atoms with Crippen LogP contribution in [-0.2, 0) is 0 Å². The lowest BCUT2D eigenvalue weighted by Gasteiger charge is -2.24. The Morgan fingerprint density at radius 3 is 2.83 bits per heavy atom. The second kappa shape index (κ2) is 6.84. The van der Waals surface area contributed by atoms with Crippen molar-refractivity contribution in [2.24, 2.45) is 0 Å². The predicted octanol–water partition coefficient (Wildman–Crippen LogP) is 3.86. The molecule has 0 aliphatic carbocycles. The molecule has 0 unspecified atom stereocenters. The van der Waals surface area contributed by atoms with Crippen LogP contribution in [0.15, 0.2) is 48.0 Å². The van der Waals surface area contributed by atoms with Gasteiger partial charge in [-0.1, -0.05) is 12.1 Å². The van der Waals surface area contributed by atoms with Gasteiger partial charge in [-0.2, -0.15) is 9.78 Å². The van der Waals surface area contributed by atoms with Crippen molar-refractivity contribution in [1.29, 1.82) is 0 Å². The number of rotatable bonds is 4. The van der Waals surface area contributed by atoms with Gasteiger partial charge < -0.3 is 4.90 Å².